The predicted octanol–water partition coefficient (Wildman–Crippen LogP) is 3.52. The molecule has 110 valence electrons. The van der Waals surface area contributed by atoms with Gasteiger partial charge in [0, 0.05) is 12.7 Å². The Hall–Kier alpha value is -2.88. The normalized spacial score (nSPS) is 10.4. The van der Waals surface area contributed by atoms with E-state index in [1.165, 1.54) is 12.5 Å². The lowest BCUT2D eigenvalue weighted by molar-refractivity contribution is 0.0727. The number of hydrogen-bond acceptors (Lipinski definition) is 3. The number of furan rings is 1. The Balaban J connectivity index is 1.83. The van der Waals surface area contributed by atoms with Crippen molar-refractivity contribution < 1.29 is 9.21 Å². The summed E-state index contributed by atoms with van der Waals surface area (Å²) in [5, 5.41) is 0. The molecule has 0 N–H and O–H groups in total. The molecular formula is C18H16N2O2. The molecule has 22 heavy (non-hydrogen) atoms. The Kier molecular flexibility index (Phi) is 4.30. The molecule has 0 aliphatic heterocycles. The van der Waals surface area contributed by atoms with Crippen LogP contribution in [0.25, 0.3) is 0 Å². The van der Waals surface area contributed by atoms with Crippen molar-refractivity contribution in [3.8, 4) is 0 Å². The molecular weight excluding hydrogens is 276 g/mol. The summed E-state index contributed by atoms with van der Waals surface area (Å²) in [5.41, 5.74) is 2.48. The summed E-state index contributed by atoms with van der Waals surface area (Å²) in [4.78, 5) is 18.7. The number of aromatic nitrogens is 1. The fourth-order valence-corrected chi connectivity index (χ4v) is 2.26. The van der Waals surface area contributed by atoms with E-state index < -0.39 is 0 Å². The fraction of sp³-hybridized carbons (Fsp3) is 0.111. The molecule has 0 fully saturated rings. The lowest BCUT2D eigenvalue weighted by Gasteiger charge is -2.22. The number of pyridine rings is 1. The largest absolute Gasteiger partial charge is 0.472 e. The number of carbonyl (C=O) groups excluding carboxylic acids is 1. The molecule has 0 aliphatic carbocycles. The summed E-state index contributed by atoms with van der Waals surface area (Å²) >= 11 is 0. The standard InChI is InChI=1S/C18H16N2O2/c21-18(16-9-11-22-14-16)20(12-15-6-2-1-3-7-15)13-17-8-4-5-10-19-17/h1-11,14H,12-13H2. The number of rotatable bonds is 5. The van der Waals surface area contributed by atoms with E-state index in [1.807, 2.05) is 48.5 Å². The van der Waals surface area contributed by atoms with Gasteiger partial charge in [-0.05, 0) is 23.8 Å². The molecule has 2 heterocycles. The molecule has 0 unspecified atom stereocenters. The third kappa shape index (κ3) is 3.41. The van der Waals surface area contributed by atoms with Gasteiger partial charge in [0.05, 0.1) is 24.1 Å². The van der Waals surface area contributed by atoms with Crippen molar-refractivity contribution in [1.82, 2.24) is 9.88 Å². The van der Waals surface area contributed by atoms with E-state index in [9.17, 15) is 4.79 Å². The molecule has 3 aromatic rings. The Morgan fingerprint density at radius 2 is 1.82 bits per heavy atom. The van der Waals surface area contributed by atoms with Crippen molar-refractivity contribution >= 4 is 5.91 Å². The molecule has 0 saturated carbocycles. The van der Waals surface area contributed by atoms with Gasteiger partial charge in [-0.15, -0.1) is 0 Å². The Labute approximate surface area is 129 Å². The molecule has 2 aromatic heterocycles. The van der Waals surface area contributed by atoms with E-state index in [2.05, 4.69) is 4.98 Å². The van der Waals surface area contributed by atoms with Crippen LogP contribution < -0.4 is 0 Å². The topological polar surface area (TPSA) is 46.3 Å². The van der Waals surface area contributed by atoms with Crippen LogP contribution in [0.4, 0.5) is 0 Å². The number of hydrogen-bond donors (Lipinski definition) is 0. The van der Waals surface area contributed by atoms with Crippen molar-refractivity contribution in [3.05, 3.63) is 90.1 Å². The van der Waals surface area contributed by atoms with Crippen molar-refractivity contribution in [3.63, 3.8) is 0 Å². The van der Waals surface area contributed by atoms with Gasteiger partial charge in [-0.25, -0.2) is 0 Å². The van der Waals surface area contributed by atoms with Crippen LogP contribution in [0, 0.1) is 0 Å². The molecule has 0 spiro atoms. The highest BCUT2D eigenvalue weighted by molar-refractivity contribution is 5.93. The average Bonchev–Trinajstić information content (AvgIpc) is 3.10. The Bertz CT molecular complexity index is 668. The van der Waals surface area contributed by atoms with E-state index in [1.54, 1.807) is 17.2 Å². The van der Waals surface area contributed by atoms with Gasteiger partial charge in [0.25, 0.3) is 5.91 Å². The third-order valence-corrected chi connectivity index (χ3v) is 3.35. The molecule has 3 rings (SSSR count). The highest BCUT2D eigenvalue weighted by Gasteiger charge is 2.18. The molecule has 0 saturated heterocycles. The summed E-state index contributed by atoms with van der Waals surface area (Å²) in [6.07, 6.45) is 4.71. The molecule has 0 atom stereocenters. The van der Waals surface area contributed by atoms with Gasteiger partial charge in [0.2, 0.25) is 0 Å². The lowest BCUT2D eigenvalue weighted by atomic mass is 10.2. The van der Waals surface area contributed by atoms with E-state index >= 15 is 0 Å². The smallest absolute Gasteiger partial charge is 0.257 e. The van der Waals surface area contributed by atoms with Crippen molar-refractivity contribution in [1.29, 1.82) is 0 Å². The Morgan fingerprint density at radius 1 is 1.00 bits per heavy atom. The highest BCUT2D eigenvalue weighted by Crippen LogP contribution is 2.13. The summed E-state index contributed by atoms with van der Waals surface area (Å²) < 4.78 is 5.02. The first kappa shape index (κ1) is 14.1. The minimum absolute atomic E-state index is 0.0664. The first-order valence-electron chi connectivity index (χ1n) is 7.08. The summed E-state index contributed by atoms with van der Waals surface area (Å²) in [7, 11) is 0. The van der Waals surface area contributed by atoms with Crippen LogP contribution >= 0.6 is 0 Å². The zero-order valence-corrected chi connectivity index (χ0v) is 12.1. The molecule has 4 heteroatoms. The predicted molar refractivity (Wildman–Crippen MR) is 83.0 cm³/mol. The summed E-state index contributed by atoms with van der Waals surface area (Å²) in [6, 6.07) is 17.3. The van der Waals surface area contributed by atoms with Crippen LogP contribution in [0.1, 0.15) is 21.6 Å². The van der Waals surface area contributed by atoms with E-state index in [0.29, 0.717) is 18.7 Å². The van der Waals surface area contributed by atoms with Crippen LogP contribution in [-0.4, -0.2) is 15.8 Å². The maximum absolute atomic E-state index is 12.7. The molecule has 1 amide bonds. The fourth-order valence-electron chi connectivity index (χ4n) is 2.26. The van der Waals surface area contributed by atoms with Crippen LogP contribution in [-0.2, 0) is 13.1 Å². The van der Waals surface area contributed by atoms with Crippen LogP contribution in [0.15, 0.2) is 77.7 Å². The summed E-state index contributed by atoms with van der Waals surface area (Å²) in [6.45, 7) is 0.987. The molecule has 0 radical (unpaired) electrons. The van der Waals surface area contributed by atoms with Gasteiger partial charge >= 0.3 is 0 Å². The van der Waals surface area contributed by atoms with Crippen LogP contribution in [0.2, 0.25) is 0 Å². The van der Waals surface area contributed by atoms with Gasteiger partial charge < -0.3 is 9.32 Å². The minimum atomic E-state index is -0.0664. The first-order valence-corrected chi connectivity index (χ1v) is 7.08. The van der Waals surface area contributed by atoms with Crippen LogP contribution in [0.5, 0.6) is 0 Å². The SMILES string of the molecule is O=C(c1ccoc1)N(Cc1ccccc1)Cc1ccccn1. The zero-order valence-electron chi connectivity index (χ0n) is 12.1. The molecule has 0 aliphatic rings. The maximum Gasteiger partial charge on any atom is 0.257 e. The van der Waals surface area contributed by atoms with Gasteiger partial charge in [0.15, 0.2) is 0 Å². The number of amides is 1. The van der Waals surface area contributed by atoms with Crippen molar-refractivity contribution in [2.24, 2.45) is 0 Å². The maximum atomic E-state index is 12.7. The van der Waals surface area contributed by atoms with E-state index in [-0.39, 0.29) is 5.91 Å². The number of carbonyl (C=O) groups is 1. The van der Waals surface area contributed by atoms with Gasteiger partial charge in [-0.1, -0.05) is 36.4 Å². The minimum Gasteiger partial charge on any atom is -0.472 e. The van der Waals surface area contributed by atoms with Gasteiger partial charge in [-0.2, -0.15) is 0 Å². The van der Waals surface area contributed by atoms with E-state index in [4.69, 9.17) is 4.42 Å². The van der Waals surface area contributed by atoms with Crippen LogP contribution in [0.3, 0.4) is 0 Å². The lowest BCUT2D eigenvalue weighted by Crippen LogP contribution is -2.30. The number of benzene rings is 1. The molecule has 1 aromatic carbocycles. The van der Waals surface area contributed by atoms with E-state index in [0.717, 1.165) is 11.3 Å². The highest BCUT2D eigenvalue weighted by atomic mass is 16.3. The summed E-state index contributed by atoms with van der Waals surface area (Å²) in [5.74, 6) is -0.0664. The average molecular weight is 292 g/mol. The number of nitrogens with zero attached hydrogens (tertiary/aromatic N) is 2. The second-order valence-corrected chi connectivity index (χ2v) is 4.98. The van der Waals surface area contributed by atoms with Crippen molar-refractivity contribution in [2.75, 3.05) is 0 Å². The van der Waals surface area contributed by atoms with Gasteiger partial charge in [-0.3, -0.25) is 9.78 Å². The second kappa shape index (κ2) is 6.72. The Morgan fingerprint density at radius 3 is 2.50 bits per heavy atom. The third-order valence-electron chi connectivity index (χ3n) is 3.35. The monoisotopic (exact) mass is 292 g/mol. The molecule has 4 nitrogen and oxygen atoms in total. The van der Waals surface area contributed by atoms with Crippen molar-refractivity contribution in [2.45, 2.75) is 13.1 Å². The second-order valence-electron chi connectivity index (χ2n) is 4.98. The quantitative estimate of drug-likeness (QED) is 0.723. The molecule has 0 bridgehead atoms. The van der Waals surface area contributed by atoms with Gasteiger partial charge in [0.1, 0.15) is 6.26 Å². The first-order chi connectivity index (χ1) is 10.8. The zero-order chi connectivity index (χ0) is 15.2.